The first-order valence-corrected chi connectivity index (χ1v) is 11.8. The van der Waals surface area contributed by atoms with Gasteiger partial charge < -0.3 is 23.7 Å². The first-order valence-electron chi connectivity index (χ1n) is 11.0. The van der Waals surface area contributed by atoms with Crippen LogP contribution in [0.1, 0.15) is 21.9 Å². The lowest BCUT2D eigenvalue weighted by Gasteiger charge is -2.14. The van der Waals surface area contributed by atoms with E-state index in [4.69, 9.17) is 23.7 Å². The first-order chi connectivity index (χ1) is 17.5. The molecule has 0 aliphatic carbocycles. The molecule has 0 radical (unpaired) electrons. The first kappa shape index (κ1) is 25.1. The Hall–Kier alpha value is -4.02. The molecular formula is C26H24N2O7S. The average molecular weight is 509 g/mol. The summed E-state index contributed by atoms with van der Waals surface area (Å²) < 4.78 is 21.6. The number of carbonyl (C=O) groups excluding carboxylic acids is 1. The normalized spacial score (nSPS) is 15.6. The van der Waals surface area contributed by atoms with E-state index in [1.807, 2.05) is 30.3 Å². The Morgan fingerprint density at radius 2 is 1.92 bits per heavy atom. The zero-order valence-corrected chi connectivity index (χ0v) is 20.5. The number of hydrogen-bond acceptors (Lipinski definition) is 8. The van der Waals surface area contributed by atoms with Gasteiger partial charge >= 0.3 is 5.97 Å². The lowest BCUT2D eigenvalue weighted by atomic mass is 10.2. The topological polar surface area (TPSA) is 111 Å². The number of carbonyl (C=O) groups is 2. The fourth-order valence-electron chi connectivity index (χ4n) is 3.35. The van der Waals surface area contributed by atoms with Gasteiger partial charge in [0.1, 0.15) is 12.4 Å². The fraction of sp³-hybridized carbons (Fsp3) is 0.192. The molecule has 0 spiro atoms. The van der Waals surface area contributed by atoms with Crippen LogP contribution < -0.4 is 9.47 Å². The van der Waals surface area contributed by atoms with Crippen LogP contribution in [0.25, 0.3) is 6.08 Å². The third-order valence-electron chi connectivity index (χ3n) is 5.12. The van der Waals surface area contributed by atoms with Gasteiger partial charge in [-0.1, -0.05) is 24.3 Å². The molecule has 1 N–H and O–H groups in total. The van der Waals surface area contributed by atoms with Gasteiger partial charge in [0.15, 0.2) is 16.7 Å². The maximum Gasteiger partial charge on any atom is 0.371 e. The Balaban J connectivity index is 1.53. The molecule has 1 amide bonds. The molecule has 9 nitrogen and oxygen atoms in total. The van der Waals surface area contributed by atoms with Gasteiger partial charge in [0.05, 0.1) is 30.9 Å². The van der Waals surface area contributed by atoms with Gasteiger partial charge in [-0.2, -0.15) is 0 Å². The number of nitrogens with zero attached hydrogens (tertiary/aromatic N) is 2. The molecule has 3 aromatic rings. The van der Waals surface area contributed by atoms with Crippen LogP contribution in [0.2, 0.25) is 0 Å². The van der Waals surface area contributed by atoms with Crippen LogP contribution in [-0.2, 0) is 16.1 Å². The molecule has 10 heteroatoms. The van der Waals surface area contributed by atoms with E-state index in [0.717, 1.165) is 11.3 Å². The number of para-hydroxylation sites is 1. The second kappa shape index (κ2) is 11.6. The quantitative estimate of drug-likeness (QED) is 0.388. The molecule has 1 saturated heterocycles. The van der Waals surface area contributed by atoms with Crippen molar-refractivity contribution in [2.24, 2.45) is 4.99 Å². The van der Waals surface area contributed by atoms with E-state index >= 15 is 0 Å². The summed E-state index contributed by atoms with van der Waals surface area (Å²) in [6.45, 7) is 0.806. The number of methoxy groups -OCH3 is 2. The summed E-state index contributed by atoms with van der Waals surface area (Å²) in [5, 5.41) is 9.56. The molecule has 1 fully saturated rings. The van der Waals surface area contributed by atoms with Crippen molar-refractivity contribution < 1.29 is 33.3 Å². The molecule has 1 aliphatic heterocycles. The van der Waals surface area contributed by atoms with Gasteiger partial charge in [0, 0.05) is 7.11 Å². The van der Waals surface area contributed by atoms with E-state index in [1.165, 1.54) is 24.9 Å². The summed E-state index contributed by atoms with van der Waals surface area (Å²) in [6.07, 6.45) is 1.78. The molecular weight excluding hydrogens is 484 g/mol. The monoisotopic (exact) mass is 508 g/mol. The summed E-state index contributed by atoms with van der Waals surface area (Å²) in [7, 11) is 3.10. The van der Waals surface area contributed by atoms with Crippen molar-refractivity contribution in [3.63, 3.8) is 0 Å². The average Bonchev–Trinajstić information content (AvgIpc) is 3.47. The number of ether oxygens (including phenoxy) is 3. The number of amides is 1. The van der Waals surface area contributed by atoms with Crippen LogP contribution in [-0.4, -0.2) is 54.4 Å². The van der Waals surface area contributed by atoms with Gasteiger partial charge in [-0.05, 0) is 59.8 Å². The van der Waals surface area contributed by atoms with Crippen LogP contribution in [0.15, 0.2) is 75.0 Å². The number of hydrogen-bond donors (Lipinski definition) is 1. The second-order valence-electron chi connectivity index (χ2n) is 7.56. The Kier molecular flexibility index (Phi) is 8.09. The van der Waals surface area contributed by atoms with Crippen LogP contribution in [0, 0.1) is 0 Å². The number of thioether (sulfide) groups is 1. The molecule has 36 heavy (non-hydrogen) atoms. The highest BCUT2D eigenvalue weighted by molar-refractivity contribution is 8.18. The predicted octanol–water partition coefficient (Wildman–Crippen LogP) is 4.82. The maximum absolute atomic E-state index is 13.1. The number of furan rings is 1. The van der Waals surface area contributed by atoms with Crippen molar-refractivity contribution in [2.45, 2.75) is 6.61 Å². The summed E-state index contributed by atoms with van der Waals surface area (Å²) in [4.78, 5) is 30.9. The van der Waals surface area contributed by atoms with Crippen molar-refractivity contribution in [3.05, 3.63) is 82.7 Å². The Bertz CT molecular complexity index is 1300. The third-order valence-corrected chi connectivity index (χ3v) is 6.12. The summed E-state index contributed by atoms with van der Waals surface area (Å²) in [6, 6.07) is 17.6. The second-order valence-corrected chi connectivity index (χ2v) is 8.57. The van der Waals surface area contributed by atoms with E-state index in [9.17, 15) is 9.59 Å². The smallest absolute Gasteiger partial charge is 0.371 e. The van der Waals surface area contributed by atoms with Crippen LogP contribution in [0.5, 0.6) is 11.5 Å². The predicted molar refractivity (Wildman–Crippen MR) is 136 cm³/mol. The highest BCUT2D eigenvalue weighted by Crippen LogP contribution is 2.36. The van der Waals surface area contributed by atoms with Gasteiger partial charge in [-0.15, -0.1) is 0 Å². The lowest BCUT2D eigenvalue weighted by Crippen LogP contribution is -2.32. The minimum absolute atomic E-state index is 0.0339. The molecule has 186 valence electrons. The largest absolute Gasteiger partial charge is 0.493 e. The highest BCUT2D eigenvalue weighted by atomic mass is 32.2. The molecule has 0 atom stereocenters. The van der Waals surface area contributed by atoms with Gasteiger partial charge in [0.25, 0.3) is 5.91 Å². The summed E-state index contributed by atoms with van der Waals surface area (Å²) in [5.74, 6) is -0.178. The molecule has 0 bridgehead atoms. The molecule has 1 aliphatic rings. The van der Waals surface area contributed by atoms with E-state index in [-0.39, 0.29) is 18.3 Å². The minimum atomic E-state index is -1.15. The number of aromatic carboxylic acids is 1. The number of amidine groups is 1. The van der Waals surface area contributed by atoms with Crippen molar-refractivity contribution in [2.75, 3.05) is 27.4 Å². The number of aliphatic imine (C=N–C) groups is 1. The lowest BCUT2D eigenvalue weighted by molar-refractivity contribution is -0.122. The number of benzene rings is 2. The van der Waals surface area contributed by atoms with Crippen LogP contribution in [0.4, 0.5) is 5.69 Å². The van der Waals surface area contributed by atoms with Crippen molar-refractivity contribution >= 4 is 40.6 Å². The van der Waals surface area contributed by atoms with Gasteiger partial charge in [-0.3, -0.25) is 9.69 Å². The van der Waals surface area contributed by atoms with Crippen molar-refractivity contribution in [1.29, 1.82) is 0 Å². The van der Waals surface area contributed by atoms with E-state index < -0.39 is 5.97 Å². The van der Waals surface area contributed by atoms with Crippen LogP contribution in [0.3, 0.4) is 0 Å². The molecule has 4 rings (SSSR count). The Labute approximate surface area is 212 Å². The van der Waals surface area contributed by atoms with Crippen LogP contribution >= 0.6 is 11.8 Å². The third kappa shape index (κ3) is 5.96. The molecule has 0 unspecified atom stereocenters. The van der Waals surface area contributed by atoms with Crippen molar-refractivity contribution in [3.8, 4) is 11.5 Å². The fourth-order valence-corrected chi connectivity index (χ4v) is 4.37. The van der Waals surface area contributed by atoms with Gasteiger partial charge in [-0.25, -0.2) is 9.79 Å². The SMILES string of the molecule is COCCN1C(=O)/C(=C/c2ccc(OCc3ccc(C(=O)O)o3)c(OC)c2)SC1=Nc1ccccc1. The zero-order valence-electron chi connectivity index (χ0n) is 19.7. The van der Waals surface area contributed by atoms with E-state index in [2.05, 4.69) is 4.99 Å². The number of rotatable bonds is 10. The standard InChI is InChI=1S/C26H24N2O7S/c1-32-13-12-28-24(29)23(36-26(28)27-18-6-4-3-5-7-18)15-17-8-10-20(22(14-17)33-2)34-16-19-9-11-21(35-19)25(30)31/h3-11,14-15H,12-13,16H2,1-2H3,(H,30,31)/b23-15-,27-26?. The highest BCUT2D eigenvalue weighted by Gasteiger charge is 2.33. The maximum atomic E-state index is 13.1. The molecule has 2 heterocycles. The minimum Gasteiger partial charge on any atom is -0.493 e. The van der Waals surface area contributed by atoms with E-state index in [0.29, 0.717) is 40.5 Å². The Morgan fingerprint density at radius 3 is 2.61 bits per heavy atom. The Morgan fingerprint density at radius 1 is 1.11 bits per heavy atom. The molecule has 2 aromatic carbocycles. The summed E-state index contributed by atoms with van der Waals surface area (Å²) in [5.41, 5.74) is 1.50. The summed E-state index contributed by atoms with van der Waals surface area (Å²) >= 11 is 1.30. The molecule has 0 saturated carbocycles. The number of carboxylic acid groups (broad SMARTS) is 1. The number of carboxylic acids is 1. The molecule has 1 aromatic heterocycles. The zero-order chi connectivity index (χ0) is 25.5. The van der Waals surface area contributed by atoms with Gasteiger partial charge in [0.2, 0.25) is 5.76 Å². The van der Waals surface area contributed by atoms with Crippen molar-refractivity contribution in [1.82, 2.24) is 4.90 Å². The van der Waals surface area contributed by atoms with E-state index in [1.54, 1.807) is 42.4 Å².